The number of nitrogens with two attached hydrogens (primary N) is 2. The van der Waals surface area contributed by atoms with Crippen LogP contribution in [0, 0.1) is 17.5 Å². The molecule has 0 saturated carbocycles. The molecule has 1 heterocycles. The molecule has 0 fully saturated rings. The van der Waals surface area contributed by atoms with E-state index in [1.54, 1.807) is 24.3 Å². The lowest BCUT2D eigenvalue weighted by atomic mass is 9.85. The molecule has 3 rings (SSSR count). The molecular weight excluding hydrogens is 279 g/mol. The number of anilines is 1. The number of hydrogen-bond acceptors (Lipinski definition) is 3. The second-order valence-electron chi connectivity index (χ2n) is 4.84. The number of halogens is 3. The van der Waals surface area contributed by atoms with Crippen LogP contribution in [0.15, 0.2) is 36.5 Å². The monoisotopic (exact) mass is 291 g/mol. The highest BCUT2D eigenvalue weighted by Gasteiger charge is 2.36. The maximum atomic E-state index is 14.1. The van der Waals surface area contributed by atoms with E-state index in [-0.39, 0.29) is 5.56 Å². The molecule has 2 aromatic carbocycles. The van der Waals surface area contributed by atoms with Crippen molar-refractivity contribution in [1.29, 1.82) is 0 Å². The summed E-state index contributed by atoms with van der Waals surface area (Å²) in [4.78, 5) is 0. The van der Waals surface area contributed by atoms with Gasteiger partial charge in [-0.2, -0.15) is 0 Å². The van der Waals surface area contributed by atoms with E-state index < -0.39 is 23.1 Å². The van der Waals surface area contributed by atoms with Crippen molar-refractivity contribution in [1.82, 2.24) is 5.32 Å². The van der Waals surface area contributed by atoms with Crippen molar-refractivity contribution in [3.63, 3.8) is 0 Å². The van der Waals surface area contributed by atoms with Gasteiger partial charge in [0, 0.05) is 28.4 Å². The first-order valence-corrected chi connectivity index (χ1v) is 6.20. The average Bonchev–Trinajstić information content (AvgIpc) is 2.44. The van der Waals surface area contributed by atoms with Gasteiger partial charge in [0.25, 0.3) is 0 Å². The van der Waals surface area contributed by atoms with Gasteiger partial charge in [0.15, 0.2) is 11.6 Å². The molecule has 1 unspecified atom stereocenters. The molecule has 1 atom stereocenters. The zero-order valence-electron chi connectivity index (χ0n) is 10.8. The minimum absolute atomic E-state index is 0.197. The van der Waals surface area contributed by atoms with E-state index in [0.29, 0.717) is 22.9 Å². The first-order valence-electron chi connectivity index (χ1n) is 6.20. The Morgan fingerprint density at radius 1 is 0.952 bits per heavy atom. The first kappa shape index (κ1) is 13.5. The second kappa shape index (κ2) is 4.53. The van der Waals surface area contributed by atoms with E-state index >= 15 is 0 Å². The van der Waals surface area contributed by atoms with Gasteiger partial charge in [-0.3, -0.25) is 0 Å². The molecular formula is C15H12F3N3. The third-order valence-corrected chi connectivity index (χ3v) is 3.56. The molecule has 0 bridgehead atoms. The standard InChI is InChI=1S/C15H12F3N3/c16-11-7-13(18)12(17)6-10(11)15(20)9-2-1-3-14(19)8(9)4-5-21-15/h1-7,21H,19-20H2. The molecule has 2 aromatic rings. The van der Waals surface area contributed by atoms with E-state index in [4.69, 9.17) is 11.5 Å². The van der Waals surface area contributed by atoms with Crippen molar-refractivity contribution < 1.29 is 13.2 Å². The van der Waals surface area contributed by atoms with Crippen LogP contribution >= 0.6 is 0 Å². The van der Waals surface area contributed by atoms with Crippen LogP contribution in [0.2, 0.25) is 0 Å². The molecule has 1 aliphatic heterocycles. The van der Waals surface area contributed by atoms with Crippen LogP contribution in [0.4, 0.5) is 18.9 Å². The van der Waals surface area contributed by atoms with Crippen molar-refractivity contribution in [2.45, 2.75) is 5.66 Å². The normalized spacial score (nSPS) is 20.0. The van der Waals surface area contributed by atoms with Crippen LogP contribution in [0.5, 0.6) is 0 Å². The van der Waals surface area contributed by atoms with Gasteiger partial charge in [-0.25, -0.2) is 13.2 Å². The van der Waals surface area contributed by atoms with Crippen molar-refractivity contribution >= 4 is 11.8 Å². The van der Waals surface area contributed by atoms with E-state index in [0.717, 1.165) is 6.07 Å². The molecule has 21 heavy (non-hydrogen) atoms. The lowest BCUT2D eigenvalue weighted by molar-refractivity contribution is 0.427. The molecule has 0 radical (unpaired) electrons. The summed E-state index contributed by atoms with van der Waals surface area (Å²) in [7, 11) is 0. The van der Waals surface area contributed by atoms with Crippen LogP contribution in [0.3, 0.4) is 0 Å². The lowest BCUT2D eigenvalue weighted by Crippen LogP contribution is -2.51. The topological polar surface area (TPSA) is 64.1 Å². The zero-order valence-corrected chi connectivity index (χ0v) is 10.8. The first-order chi connectivity index (χ1) is 9.93. The summed E-state index contributed by atoms with van der Waals surface area (Å²) >= 11 is 0. The number of rotatable bonds is 1. The molecule has 0 spiro atoms. The minimum Gasteiger partial charge on any atom is -0.398 e. The van der Waals surface area contributed by atoms with Gasteiger partial charge < -0.3 is 16.8 Å². The molecule has 3 nitrogen and oxygen atoms in total. The SMILES string of the molecule is Nc1cccc2c1C=CNC2(N)c1cc(F)c(F)cc1F. The summed E-state index contributed by atoms with van der Waals surface area (Å²) in [6.45, 7) is 0. The summed E-state index contributed by atoms with van der Waals surface area (Å²) in [5.41, 5.74) is 11.9. The molecule has 6 heteroatoms. The summed E-state index contributed by atoms with van der Waals surface area (Å²) < 4.78 is 40.6. The third-order valence-electron chi connectivity index (χ3n) is 3.56. The Hall–Kier alpha value is -2.47. The summed E-state index contributed by atoms with van der Waals surface area (Å²) in [6, 6.07) is 6.23. The smallest absolute Gasteiger partial charge is 0.161 e. The fourth-order valence-electron chi connectivity index (χ4n) is 2.49. The van der Waals surface area contributed by atoms with E-state index in [1.165, 1.54) is 6.20 Å². The lowest BCUT2D eigenvalue weighted by Gasteiger charge is -2.35. The highest BCUT2D eigenvalue weighted by Crippen LogP contribution is 2.35. The van der Waals surface area contributed by atoms with Crippen LogP contribution in [0.1, 0.15) is 16.7 Å². The Labute approximate surface area is 119 Å². The number of hydrogen-bond donors (Lipinski definition) is 3. The van der Waals surface area contributed by atoms with Gasteiger partial charge in [-0.1, -0.05) is 12.1 Å². The average molecular weight is 291 g/mol. The van der Waals surface area contributed by atoms with Gasteiger partial charge >= 0.3 is 0 Å². The molecule has 0 amide bonds. The van der Waals surface area contributed by atoms with Crippen LogP contribution < -0.4 is 16.8 Å². The van der Waals surface area contributed by atoms with Crippen molar-refractivity contribution in [2.75, 3.05) is 5.73 Å². The van der Waals surface area contributed by atoms with E-state index in [1.807, 2.05) is 0 Å². The van der Waals surface area contributed by atoms with Crippen molar-refractivity contribution in [3.8, 4) is 0 Å². The number of nitrogen functional groups attached to an aromatic ring is 1. The predicted molar refractivity (Wildman–Crippen MR) is 74.3 cm³/mol. The number of nitrogens with one attached hydrogen (secondary N) is 1. The molecule has 1 aliphatic rings. The highest BCUT2D eigenvalue weighted by atomic mass is 19.2. The fourth-order valence-corrected chi connectivity index (χ4v) is 2.49. The summed E-state index contributed by atoms with van der Waals surface area (Å²) in [5, 5.41) is 2.80. The number of fused-ring (bicyclic) bond motifs is 1. The fraction of sp³-hybridized carbons (Fsp3) is 0.0667. The second-order valence-corrected chi connectivity index (χ2v) is 4.84. The van der Waals surface area contributed by atoms with Crippen molar-refractivity contribution in [2.24, 2.45) is 5.73 Å². The third kappa shape index (κ3) is 1.95. The van der Waals surface area contributed by atoms with Gasteiger partial charge in [0.05, 0.1) is 0 Å². The van der Waals surface area contributed by atoms with Gasteiger partial charge in [0.1, 0.15) is 11.5 Å². The van der Waals surface area contributed by atoms with Crippen molar-refractivity contribution in [3.05, 3.63) is 70.7 Å². The minimum atomic E-state index is -1.53. The maximum Gasteiger partial charge on any atom is 0.161 e. The van der Waals surface area contributed by atoms with E-state index in [9.17, 15) is 13.2 Å². The zero-order chi connectivity index (χ0) is 15.2. The van der Waals surface area contributed by atoms with Crippen LogP contribution in [-0.4, -0.2) is 0 Å². The molecule has 0 saturated heterocycles. The Kier molecular flexibility index (Phi) is 2.91. The van der Waals surface area contributed by atoms with Crippen LogP contribution in [0.25, 0.3) is 6.08 Å². The predicted octanol–water partition coefficient (Wildman–Crippen LogP) is 2.42. The quantitative estimate of drug-likeness (QED) is 0.558. The Balaban J connectivity index is 2.26. The van der Waals surface area contributed by atoms with Gasteiger partial charge in [-0.15, -0.1) is 0 Å². The van der Waals surface area contributed by atoms with Gasteiger partial charge in [-0.05, 0) is 24.4 Å². The molecule has 0 aromatic heterocycles. The van der Waals surface area contributed by atoms with E-state index in [2.05, 4.69) is 5.32 Å². The highest BCUT2D eigenvalue weighted by molar-refractivity contribution is 5.71. The Bertz CT molecular complexity index is 758. The summed E-state index contributed by atoms with van der Waals surface area (Å²) in [5.74, 6) is -3.37. The largest absolute Gasteiger partial charge is 0.398 e. The summed E-state index contributed by atoms with van der Waals surface area (Å²) in [6.07, 6.45) is 3.19. The number of benzene rings is 2. The molecule has 108 valence electrons. The molecule has 5 N–H and O–H groups in total. The maximum absolute atomic E-state index is 14.1. The van der Waals surface area contributed by atoms with Crippen LogP contribution in [-0.2, 0) is 5.66 Å². The Morgan fingerprint density at radius 3 is 2.43 bits per heavy atom. The molecule has 0 aliphatic carbocycles. The Morgan fingerprint density at radius 2 is 1.67 bits per heavy atom. The van der Waals surface area contributed by atoms with Gasteiger partial charge in [0.2, 0.25) is 0 Å².